The summed E-state index contributed by atoms with van der Waals surface area (Å²) in [6.07, 6.45) is 3.78. The van der Waals surface area contributed by atoms with Crippen LogP contribution in [-0.2, 0) is 20.4 Å². The zero-order valence-electron chi connectivity index (χ0n) is 7.24. The largest absolute Gasteiger partial charge is 0.192 e. The third-order valence-electron chi connectivity index (χ3n) is 1.87. The Balaban J connectivity index is 0.000000845. The van der Waals surface area contributed by atoms with Crippen LogP contribution in [0.2, 0.25) is 0 Å². The van der Waals surface area contributed by atoms with E-state index in [1.54, 1.807) is 6.20 Å². The fourth-order valence-corrected chi connectivity index (χ4v) is 1.19. The molecule has 0 atom stereocenters. The summed E-state index contributed by atoms with van der Waals surface area (Å²) >= 11 is 0. The van der Waals surface area contributed by atoms with E-state index in [9.17, 15) is 0 Å². The Morgan fingerprint density at radius 2 is 2.08 bits per heavy atom. The molecule has 0 aliphatic carbocycles. The maximum absolute atomic E-state index is 3.99. The van der Waals surface area contributed by atoms with E-state index in [0.717, 1.165) is 10.9 Å². The van der Waals surface area contributed by atoms with Crippen molar-refractivity contribution in [1.29, 1.82) is 0 Å². The molecule has 0 unspecified atom stereocenters. The predicted molar refractivity (Wildman–Crippen MR) is 48.6 cm³/mol. The van der Waals surface area contributed by atoms with Gasteiger partial charge in [0.15, 0.2) is 0 Å². The van der Waals surface area contributed by atoms with Gasteiger partial charge in [-0.15, -0.1) is 0 Å². The zero-order valence-corrected chi connectivity index (χ0v) is 9.95. The third kappa shape index (κ3) is 2.06. The van der Waals surface area contributed by atoms with Crippen LogP contribution in [-0.4, -0.2) is 10.2 Å². The minimum absolute atomic E-state index is 0. The van der Waals surface area contributed by atoms with Crippen molar-refractivity contribution in [3.8, 4) is 0 Å². The molecule has 1 heterocycles. The number of fused-ring (bicyclic) bond motifs is 1. The van der Waals surface area contributed by atoms with Gasteiger partial charge in [0.05, 0.1) is 5.52 Å². The molecular formula is C10H9N2Re-. The molecule has 0 N–H and O–H groups in total. The van der Waals surface area contributed by atoms with Crippen LogP contribution >= 0.6 is 0 Å². The van der Waals surface area contributed by atoms with Gasteiger partial charge in [-0.25, -0.2) is 0 Å². The van der Waals surface area contributed by atoms with Crippen molar-refractivity contribution in [2.75, 3.05) is 0 Å². The van der Waals surface area contributed by atoms with Gasteiger partial charge in [0.2, 0.25) is 0 Å². The van der Waals surface area contributed by atoms with Gasteiger partial charge in [0.1, 0.15) is 0 Å². The maximum Gasteiger partial charge on any atom is 0.0687 e. The number of nitrogens with zero attached hydrogens (tertiary/aromatic N) is 2. The van der Waals surface area contributed by atoms with Crippen LogP contribution in [0.5, 0.6) is 0 Å². The minimum atomic E-state index is 0. The average Bonchev–Trinajstić information content (AvgIpc) is 2.17. The molecule has 67 valence electrons. The molecule has 0 aliphatic heterocycles. The van der Waals surface area contributed by atoms with E-state index in [0.29, 0.717) is 0 Å². The molecular weight excluding hydrogens is 334 g/mol. The molecule has 1 radical (unpaired) electrons. The Labute approximate surface area is 91.0 Å². The van der Waals surface area contributed by atoms with E-state index < -0.39 is 0 Å². The Morgan fingerprint density at radius 3 is 2.85 bits per heavy atom. The average molecular weight is 343 g/mol. The van der Waals surface area contributed by atoms with Crippen molar-refractivity contribution in [3.05, 3.63) is 42.4 Å². The van der Waals surface area contributed by atoms with Gasteiger partial charge in [-0.1, -0.05) is 18.4 Å². The smallest absolute Gasteiger partial charge is 0.0687 e. The predicted octanol–water partition coefficient (Wildman–Crippen LogP) is 2.20. The molecule has 0 saturated heterocycles. The topological polar surface area (TPSA) is 25.8 Å². The van der Waals surface area contributed by atoms with Crippen LogP contribution in [0.4, 0.5) is 0 Å². The summed E-state index contributed by atoms with van der Waals surface area (Å²) < 4.78 is 0. The van der Waals surface area contributed by atoms with Gasteiger partial charge in [-0.2, -0.15) is 34.3 Å². The van der Waals surface area contributed by atoms with E-state index in [1.165, 1.54) is 5.56 Å². The molecule has 0 amide bonds. The fraction of sp³-hybridized carbons (Fsp3) is 0.100. The van der Waals surface area contributed by atoms with Crippen LogP contribution in [0.25, 0.3) is 10.9 Å². The molecule has 1 aromatic heterocycles. The molecule has 2 aromatic rings. The van der Waals surface area contributed by atoms with Crippen molar-refractivity contribution < 1.29 is 20.4 Å². The molecule has 0 fully saturated rings. The van der Waals surface area contributed by atoms with Gasteiger partial charge in [-0.05, 0) is 6.07 Å². The first kappa shape index (κ1) is 10.2. The summed E-state index contributed by atoms with van der Waals surface area (Å²) in [6.45, 7) is 2.02. The summed E-state index contributed by atoms with van der Waals surface area (Å²) in [6, 6.07) is 8.09. The van der Waals surface area contributed by atoms with E-state index in [1.807, 2.05) is 25.1 Å². The second-order valence-electron chi connectivity index (χ2n) is 2.64. The summed E-state index contributed by atoms with van der Waals surface area (Å²) in [4.78, 5) is 0. The van der Waals surface area contributed by atoms with Gasteiger partial charge < -0.3 is 0 Å². The summed E-state index contributed by atoms with van der Waals surface area (Å²) in [5, 5.41) is 8.94. The zero-order chi connectivity index (χ0) is 8.39. The summed E-state index contributed by atoms with van der Waals surface area (Å²) in [5.41, 5.74) is 2.17. The van der Waals surface area contributed by atoms with Crippen molar-refractivity contribution in [1.82, 2.24) is 10.2 Å². The molecule has 0 saturated carbocycles. The van der Waals surface area contributed by atoms with Crippen molar-refractivity contribution in [2.24, 2.45) is 0 Å². The summed E-state index contributed by atoms with van der Waals surface area (Å²) in [7, 11) is 0. The van der Waals surface area contributed by atoms with Gasteiger partial charge in [0, 0.05) is 26.6 Å². The first-order chi connectivity index (χ1) is 5.90. The van der Waals surface area contributed by atoms with Crippen LogP contribution in [0.15, 0.2) is 30.5 Å². The second kappa shape index (κ2) is 4.36. The summed E-state index contributed by atoms with van der Waals surface area (Å²) in [5.74, 6) is 0. The quantitative estimate of drug-likeness (QED) is 0.742. The molecule has 2 nitrogen and oxygen atoms in total. The molecule has 0 aliphatic rings. The number of hydrogen-bond donors (Lipinski definition) is 0. The third-order valence-corrected chi connectivity index (χ3v) is 1.87. The molecule has 0 spiro atoms. The van der Waals surface area contributed by atoms with Gasteiger partial charge >= 0.3 is 0 Å². The number of benzene rings is 1. The number of hydrogen-bond acceptors (Lipinski definition) is 2. The van der Waals surface area contributed by atoms with E-state index in [4.69, 9.17) is 0 Å². The van der Waals surface area contributed by atoms with Gasteiger partial charge in [0.25, 0.3) is 0 Å². The van der Waals surface area contributed by atoms with Crippen LogP contribution < -0.4 is 0 Å². The fourth-order valence-electron chi connectivity index (χ4n) is 1.19. The first-order valence-electron chi connectivity index (χ1n) is 3.91. The first-order valence-corrected chi connectivity index (χ1v) is 3.91. The second-order valence-corrected chi connectivity index (χ2v) is 2.64. The molecule has 3 heteroatoms. The molecule has 2 rings (SSSR count). The Kier molecular flexibility index (Phi) is 3.41. The Bertz CT molecular complexity index is 401. The molecule has 1 aromatic carbocycles. The number of rotatable bonds is 1. The molecule has 0 bridgehead atoms. The van der Waals surface area contributed by atoms with E-state index in [2.05, 4.69) is 22.7 Å². The van der Waals surface area contributed by atoms with Crippen LogP contribution in [0.3, 0.4) is 0 Å². The van der Waals surface area contributed by atoms with Crippen LogP contribution in [0, 0.1) is 6.42 Å². The standard InChI is InChI=1S/C10H9N2.Re/c1-2-8-3-4-10-9(7-8)5-6-11-12-10;/h2-7H,1H3;/q-1;. The Hall–Kier alpha value is -0.908. The van der Waals surface area contributed by atoms with Crippen molar-refractivity contribution in [3.63, 3.8) is 0 Å². The maximum atomic E-state index is 3.99. The van der Waals surface area contributed by atoms with E-state index in [-0.39, 0.29) is 20.4 Å². The van der Waals surface area contributed by atoms with Crippen molar-refractivity contribution >= 4 is 10.9 Å². The van der Waals surface area contributed by atoms with Crippen molar-refractivity contribution in [2.45, 2.75) is 6.92 Å². The normalized spacial score (nSPS) is 9.31. The SMILES string of the molecule is C[CH-]c1ccc2nnccc2c1.[Re]. The van der Waals surface area contributed by atoms with Gasteiger partial charge in [-0.3, -0.25) is 0 Å². The minimum Gasteiger partial charge on any atom is -0.192 e. The Morgan fingerprint density at radius 1 is 1.23 bits per heavy atom. The number of aromatic nitrogens is 2. The van der Waals surface area contributed by atoms with E-state index >= 15 is 0 Å². The monoisotopic (exact) mass is 344 g/mol. The molecule has 13 heavy (non-hydrogen) atoms. The van der Waals surface area contributed by atoms with Crippen LogP contribution in [0.1, 0.15) is 12.5 Å².